The zero-order chi connectivity index (χ0) is 14.7. The highest BCUT2D eigenvalue weighted by molar-refractivity contribution is 5.81. The van der Waals surface area contributed by atoms with Gasteiger partial charge in [-0.2, -0.15) is 0 Å². The Hall–Kier alpha value is -0.610. The van der Waals surface area contributed by atoms with Gasteiger partial charge >= 0.3 is 0 Å². The average molecular weight is 294 g/mol. The Kier molecular flexibility index (Phi) is 4.85. The quantitative estimate of drug-likeness (QED) is 0.843. The van der Waals surface area contributed by atoms with E-state index in [-0.39, 0.29) is 0 Å². The molecule has 1 heterocycles. The number of nitrogens with one attached hydrogen (secondary N) is 1. The lowest BCUT2D eigenvalue weighted by atomic mass is 9.73. The van der Waals surface area contributed by atoms with Crippen molar-refractivity contribution in [1.29, 1.82) is 0 Å². The molecule has 2 atom stereocenters. The normalized spacial score (nSPS) is 32.6. The number of amides is 1. The molecule has 3 fully saturated rings. The largest absolute Gasteiger partial charge is 0.379 e. The average Bonchev–Trinajstić information content (AvgIpc) is 3.24. The molecule has 0 spiro atoms. The summed E-state index contributed by atoms with van der Waals surface area (Å²) in [6.07, 6.45) is 7.62. The van der Waals surface area contributed by atoms with Crippen LogP contribution >= 0.6 is 0 Å². The summed E-state index contributed by atoms with van der Waals surface area (Å²) in [6.45, 7) is 8.02. The molecule has 4 nitrogen and oxygen atoms in total. The first kappa shape index (κ1) is 15.3. The molecule has 2 saturated carbocycles. The van der Waals surface area contributed by atoms with E-state index in [0.29, 0.717) is 23.2 Å². The van der Waals surface area contributed by atoms with Gasteiger partial charge in [0, 0.05) is 37.5 Å². The summed E-state index contributed by atoms with van der Waals surface area (Å²) in [7, 11) is 0. The minimum atomic E-state index is 0.300. The van der Waals surface area contributed by atoms with Crippen LogP contribution in [0.15, 0.2) is 0 Å². The lowest BCUT2D eigenvalue weighted by Gasteiger charge is -2.42. The second-order valence-electron chi connectivity index (χ2n) is 7.49. The van der Waals surface area contributed by atoms with E-state index in [1.165, 1.54) is 32.1 Å². The minimum Gasteiger partial charge on any atom is -0.379 e. The van der Waals surface area contributed by atoms with E-state index in [9.17, 15) is 4.79 Å². The molecule has 21 heavy (non-hydrogen) atoms. The Morgan fingerprint density at radius 1 is 1.24 bits per heavy atom. The van der Waals surface area contributed by atoms with Gasteiger partial charge in [0.2, 0.25) is 5.91 Å². The van der Waals surface area contributed by atoms with Crippen molar-refractivity contribution in [3.05, 3.63) is 0 Å². The fourth-order valence-electron chi connectivity index (χ4n) is 4.02. The lowest BCUT2D eigenvalue weighted by molar-refractivity contribution is -0.123. The standard InChI is InChI=1S/C17H30N2O2/c1-14-11-15(14)16(20)18-12-17(5-3-2-4-6-17)13-19-7-9-21-10-8-19/h14-15H,2-13H2,1H3,(H,18,20)/t14-,15+/m1/s1. The fourth-order valence-corrected chi connectivity index (χ4v) is 4.02. The van der Waals surface area contributed by atoms with Crippen molar-refractivity contribution in [1.82, 2.24) is 10.2 Å². The van der Waals surface area contributed by atoms with Crippen LogP contribution in [0.1, 0.15) is 45.4 Å². The van der Waals surface area contributed by atoms with Crippen molar-refractivity contribution < 1.29 is 9.53 Å². The molecule has 0 aromatic rings. The molecule has 1 saturated heterocycles. The van der Waals surface area contributed by atoms with Crippen LogP contribution in [0.3, 0.4) is 0 Å². The first-order chi connectivity index (χ1) is 10.2. The smallest absolute Gasteiger partial charge is 0.223 e. The Morgan fingerprint density at radius 3 is 2.52 bits per heavy atom. The summed E-state index contributed by atoms with van der Waals surface area (Å²) in [5.74, 6) is 1.20. The van der Waals surface area contributed by atoms with Crippen molar-refractivity contribution in [2.24, 2.45) is 17.3 Å². The Balaban J connectivity index is 1.55. The molecular weight excluding hydrogens is 264 g/mol. The Bertz CT molecular complexity index is 360. The Labute approximate surface area is 128 Å². The maximum atomic E-state index is 12.1. The van der Waals surface area contributed by atoms with Crippen molar-refractivity contribution >= 4 is 5.91 Å². The van der Waals surface area contributed by atoms with Crippen LogP contribution in [0, 0.1) is 17.3 Å². The second kappa shape index (κ2) is 6.66. The summed E-state index contributed by atoms with van der Waals surface area (Å²) in [5.41, 5.74) is 0.309. The van der Waals surface area contributed by atoms with Crippen molar-refractivity contribution in [2.45, 2.75) is 45.4 Å². The van der Waals surface area contributed by atoms with Gasteiger partial charge in [0.05, 0.1) is 13.2 Å². The minimum absolute atomic E-state index is 0.300. The van der Waals surface area contributed by atoms with Crippen molar-refractivity contribution in [3.8, 4) is 0 Å². The first-order valence-corrected chi connectivity index (χ1v) is 8.76. The molecule has 0 aromatic heterocycles. The molecule has 0 bridgehead atoms. The number of carbonyl (C=O) groups is 1. The summed E-state index contributed by atoms with van der Waals surface area (Å²) in [6, 6.07) is 0. The molecule has 0 aromatic carbocycles. The highest BCUT2D eigenvalue weighted by Gasteiger charge is 2.41. The second-order valence-corrected chi connectivity index (χ2v) is 7.49. The van der Waals surface area contributed by atoms with Crippen molar-refractivity contribution in [3.63, 3.8) is 0 Å². The highest BCUT2D eigenvalue weighted by Crippen LogP contribution is 2.39. The number of morpholine rings is 1. The van der Waals surface area contributed by atoms with E-state index in [4.69, 9.17) is 4.74 Å². The van der Waals surface area contributed by atoms with E-state index < -0.39 is 0 Å². The van der Waals surface area contributed by atoms with Crippen LogP contribution in [-0.2, 0) is 9.53 Å². The van der Waals surface area contributed by atoms with Gasteiger partial charge in [0.1, 0.15) is 0 Å². The van der Waals surface area contributed by atoms with E-state index >= 15 is 0 Å². The predicted molar refractivity (Wildman–Crippen MR) is 83.1 cm³/mol. The van der Waals surface area contributed by atoms with Gasteiger partial charge in [-0.3, -0.25) is 9.69 Å². The molecule has 1 aliphatic heterocycles. The third-order valence-corrected chi connectivity index (χ3v) is 5.66. The summed E-state index contributed by atoms with van der Waals surface area (Å²) < 4.78 is 5.46. The third-order valence-electron chi connectivity index (χ3n) is 5.66. The molecule has 120 valence electrons. The van der Waals surface area contributed by atoms with E-state index in [1.54, 1.807) is 0 Å². The molecule has 3 aliphatic rings. The molecule has 0 unspecified atom stereocenters. The monoisotopic (exact) mass is 294 g/mol. The van der Waals surface area contributed by atoms with Gasteiger partial charge in [0.25, 0.3) is 0 Å². The molecule has 1 N–H and O–H groups in total. The van der Waals surface area contributed by atoms with E-state index in [2.05, 4.69) is 17.1 Å². The van der Waals surface area contributed by atoms with Crippen molar-refractivity contribution in [2.75, 3.05) is 39.4 Å². The van der Waals surface area contributed by atoms with Gasteiger partial charge in [-0.05, 0) is 25.2 Å². The van der Waals surface area contributed by atoms with Gasteiger partial charge < -0.3 is 10.1 Å². The van der Waals surface area contributed by atoms with Gasteiger partial charge in [-0.15, -0.1) is 0 Å². The van der Waals surface area contributed by atoms with Gasteiger partial charge in [-0.1, -0.05) is 26.2 Å². The van der Waals surface area contributed by atoms with Crippen LogP contribution in [0.25, 0.3) is 0 Å². The van der Waals surface area contributed by atoms with Crippen LogP contribution in [0.2, 0.25) is 0 Å². The summed E-state index contributed by atoms with van der Waals surface area (Å²) in [5, 5.41) is 3.28. The highest BCUT2D eigenvalue weighted by atomic mass is 16.5. The number of nitrogens with zero attached hydrogens (tertiary/aromatic N) is 1. The van der Waals surface area contributed by atoms with E-state index in [1.807, 2.05) is 0 Å². The van der Waals surface area contributed by atoms with Crippen LogP contribution in [0.5, 0.6) is 0 Å². The zero-order valence-electron chi connectivity index (χ0n) is 13.4. The summed E-state index contributed by atoms with van der Waals surface area (Å²) in [4.78, 5) is 14.7. The molecule has 2 aliphatic carbocycles. The summed E-state index contributed by atoms with van der Waals surface area (Å²) >= 11 is 0. The Morgan fingerprint density at radius 2 is 1.90 bits per heavy atom. The molecule has 1 amide bonds. The number of hydrogen-bond donors (Lipinski definition) is 1. The van der Waals surface area contributed by atoms with Crippen LogP contribution in [0.4, 0.5) is 0 Å². The zero-order valence-corrected chi connectivity index (χ0v) is 13.4. The number of ether oxygens (including phenoxy) is 1. The maximum Gasteiger partial charge on any atom is 0.223 e. The first-order valence-electron chi connectivity index (χ1n) is 8.76. The molecule has 3 rings (SSSR count). The van der Waals surface area contributed by atoms with E-state index in [0.717, 1.165) is 45.8 Å². The van der Waals surface area contributed by atoms with Gasteiger partial charge in [-0.25, -0.2) is 0 Å². The number of carbonyl (C=O) groups excluding carboxylic acids is 1. The SMILES string of the molecule is C[C@@H]1C[C@@H]1C(=O)NCC1(CN2CCOCC2)CCCCC1. The topological polar surface area (TPSA) is 41.6 Å². The number of hydrogen-bond acceptors (Lipinski definition) is 3. The molecule has 0 radical (unpaired) electrons. The fraction of sp³-hybridized carbons (Fsp3) is 0.941. The molecule has 4 heteroatoms. The molecular formula is C17H30N2O2. The predicted octanol–water partition coefficient (Wildman–Crippen LogP) is 2.04. The lowest BCUT2D eigenvalue weighted by Crippen LogP contribution is -2.49. The van der Waals surface area contributed by atoms with Crippen LogP contribution < -0.4 is 5.32 Å². The van der Waals surface area contributed by atoms with Crippen LogP contribution in [-0.4, -0.2) is 50.2 Å². The third kappa shape index (κ3) is 3.98. The number of rotatable bonds is 5. The van der Waals surface area contributed by atoms with Gasteiger partial charge in [0.15, 0.2) is 0 Å². The maximum absolute atomic E-state index is 12.1.